The molecule has 2 aliphatic rings. The average Bonchev–Trinajstić information content (AvgIpc) is 3.33. The summed E-state index contributed by atoms with van der Waals surface area (Å²) in [5.74, 6) is -5.69. The summed E-state index contributed by atoms with van der Waals surface area (Å²) in [6.45, 7) is 2.38. The van der Waals surface area contributed by atoms with Gasteiger partial charge in [0, 0.05) is 43.9 Å². The van der Waals surface area contributed by atoms with Crippen LogP contribution in [0, 0.1) is 11.8 Å². The highest BCUT2D eigenvalue weighted by Crippen LogP contribution is 2.50. The molecule has 1 aliphatic carbocycles. The van der Waals surface area contributed by atoms with Crippen molar-refractivity contribution in [2.45, 2.75) is 203 Å². The number of hydrogen-bond donors (Lipinski definition) is 10. The van der Waals surface area contributed by atoms with E-state index in [2.05, 4.69) is 43.4 Å². The number of ether oxygens (including phenoxy) is 2. The maximum absolute atomic E-state index is 13.7. The number of Topliss-reactive ketones (excluding diaryl/α,β-unsaturated/α-hetero) is 1. The van der Waals surface area contributed by atoms with E-state index in [0.717, 1.165) is 50.7 Å². The Morgan fingerprint density at radius 1 is 0.767 bits per heavy atom. The fourth-order valence-electron chi connectivity index (χ4n) is 8.12. The number of ketones is 1. The molecule has 1 heterocycles. The Bertz CT molecular complexity index is 1860. The Labute approximate surface area is 430 Å². The molecule has 2 rings (SSSR count). The number of hydrogen-bond acceptors (Lipinski definition) is 17. The maximum atomic E-state index is 13.7. The van der Waals surface area contributed by atoms with Gasteiger partial charge in [0.15, 0.2) is 6.10 Å². The quantitative estimate of drug-likeness (QED) is 0.0218. The number of rotatable bonds is 25. The van der Waals surface area contributed by atoms with E-state index >= 15 is 0 Å². The van der Waals surface area contributed by atoms with Crippen molar-refractivity contribution in [3.8, 4) is 0 Å². The smallest absolute Gasteiger partial charge is 0.462 e. The summed E-state index contributed by atoms with van der Waals surface area (Å²) in [5, 5.41) is 79.7. The third kappa shape index (κ3) is 28.6. The van der Waals surface area contributed by atoms with Gasteiger partial charge >= 0.3 is 27.6 Å². The summed E-state index contributed by atoms with van der Waals surface area (Å²) in [6.07, 6.45) is 9.33. The summed E-state index contributed by atoms with van der Waals surface area (Å²) in [7, 11) is -11.6. The molecule has 2 bridgehead atoms. The fourth-order valence-corrected chi connectivity index (χ4v) is 9.65. The van der Waals surface area contributed by atoms with Gasteiger partial charge in [-0.2, -0.15) is 0 Å². The van der Waals surface area contributed by atoms with Gasteiger partial charge in [-0.1, -0.05) is 119 Å². The van der Waals surface area contributed by atoms with Crippen molar-refractivity contribution in [1.29, 1.82) is 0 Å². The number of aliphatic hydroxyl groups excluding tert-OH is 7. The molecule has 1 saturated carbocycles. The van der Waals surface area contributed by atoms with Crippen LogP contribution >= 0.6 is 15.6 Å². The van der Waals surface area contributed by atoms with Crippen LogP contribution in [0.2, 0.25) is 0 Å². The van der Waals surface area contributed by atoms with E-state index in [1.54, 1.807) is 6.08 Å². The van der Waals surface area contributed by atoms with Crippen molar-refractivity contribution in [3.63, 3.8) is 0 Å². The molecule has 20 nitrogen and oxygen atoms in total. The molecule has 418 valence electrons. The molecule has 13 atom stereocenters. The lowest BCUT2D eigenvalue weighted by atomic mass is 9.82. The third-order valence-corrected chi connectivity index (χ3v) is 13.7. The summed E-state index contributed by atoms with van der Waals surface area (Å²) >= 11 is 0. The molecular weight excluding hydrogens is 994 g/mol. The van der Waals surface area contributed by atoms with Gasteiger partial charge in [-0.25, -0.2) is 9.13 Å². The monoisotopic (exact) mass is 1080 g/mol. The molecular formula is C51H84O20P2. The minimum atomic E-state index is -5.82. The van der Waals surface area contributed by atoms with Crippen LogP contribution in [0.4, 0.5) is 0 Å². The minimum Gasteiger partial charge on any atom is -0.462 e. The molecule has 0 amide bonds. The van der Waals surface area contributed by atoms with Gasteiger partial charge in [0.25, 0.3) is 0 Å². The Morgan fingerprint density at radius 2 is 1.34 bits per heavy atom. The second-order valence-electron chi connectivity index (χ2n) is 18.5. The Morgan fingerprint density at radius 3 is 1.95 bits per heavy atom. The van der Waals surface area contributed by atoms with Gasteiger partial charge in [0.05, 0.1) is 37.1 Å². The first-order valence-corrected chi connectivity index (χ1v) is 28.7. The Balaban J connectivity index is 2.28. The molecule has 0 spiro atoms. The van der Waals surface area contributed by atoms with Gasteiger partial charge in [-0.05, 0) is 64.2 Å². The molecule has 10 N–H and O–H groups in total. The lowest BCUT2D eigenvalue weighted by Gasteiger charge is -2.38. The molecule has 1 saturated heterocycles. The molecule has 1 aliphatic heterocycles. The van der Waals surface area contributed by atoms with Crippen molar-refractivity contribution < 1.29 is 97.0 Å². The van der Waals surface area contributed by atoms with Gasteiger partial charge in [0.1, 0.15) is 36.8 Å². The van der Waals surface area contributed by atoms with Crippen LogP contribution < -0.4 is 0 Å². The van der Waals surface area contributed by atoms with Gasteiger partial charge in [-0.15, -0.1) is 0 Å². The molecule has 2 fully saturated rings. The van der Waals surface area contributed by atoms with Crippen LogP contribution in [0.25, 0.3) is 0 Å². The number of carbonyl (C=O) groups is 3. The van der Waals surface area contributed by atoms with Crippen LogP contribution in [-0.4, -0.2) is 142 Å². The first kappa shape index (κ1) is 66.1. The number of phosphoric ester groups is 2. The standard InChI is InChI=1S/C51H84O20P2/c1-3-5-7-8-9-10-11-12-13-14-15-16-17-18-19-20-21-22-24-29-44(56)67-35-39-36-68-73(65,66)71-51-49(61)48(60)46(58)41(33-38(53)28-25-26-30-45(57)69-39)43(55)34-42(54)40(32-31-37(52)27-23-6-4-2)47(59)50(51)70-72(62,63)64/h9-10,12-13,15-16,18-19,21-22,31-32,37,39-43,46-52,54-55,58-61H,3-8,11,14,17,20,23-30,33-36H2,1-2H3,(H,65,66)(H2,62,63,64)/b10-9-,13-12-,16-15-,19-18-,22-21-,32-31?/t37-,39+,40-,41-,42+,43-,46+,47+,48-,49+,50+,51-/m0/s1. The van der Waals surface area contributed by atoms with Crippen LogP contribution in [0.15, 0.2) is 72.9 Å². The molecule has 0 radical (unpaired) electrons. The minimum absolute atomic E-state index is 0.0710. The first-order valence-electron chi connectivity index (χ1n) is 25.7. The highest BCUT2D eigenvalue weighted by Gasteiger charge is 2.52. The lowest BCUT2D eigenvalue weighted by Crippen LogP contribution is -2.56. The van der Waals surface area contributed by atoms with Gasteiger partial charge < -0.3 is 59.9 Å². The molecule has 22 heteroatoms. The zero-order valence-corrected chi connectivity index (χ0v) is 44.2. The van der Waals surface area contributed by atoms with E-state index in [0.29, 0.717) is 12.8 Å². The van der Waals surface area contributed by atoms with Crippen LogP contribution in [0.3, 0.4) is 0 Å². The number of aliphatic hydroxyl groups is 7. The van der Waals surface area contributed by atoms with Crippen LogP contribution in [0.1, 0.15) is 142 Å². The normalized spacial score (nSPS) is 30.7. The molecule has 73 heavy (non-hydrogen) atoms. The largest absolute Gasteiger partial charge is 0.472 e. The lowest BCUT2D eigenvalue weighted by molar-refractivity contribution is -0.166. The summed E-state index contributed by atoms with van der Waals surface area (Å²) in [4.78, 5) is 70.0. The van der Waals surface area contributed by atoms with Crippen molar-refractivity contribution in [1.82, 2.24) is 0 Å². The Kier molecular flexibility index (Phi) is 33.4. The number of cyclic esters (lactones) is 1. The van der Waals surface area contributed by atoms with Crippen LogP contribution in [-0.2, 0) is 46.6 Å². The highest BCUT2D eigenvalue weighted by atomic mass is 31.2. The van der Waals surface area contributed by atoms with Crippen LogP contribution in [0.5, 0.6) is 0 Å². The predicted molar refractivity (Wildman–Crippen MR) is 271 cm³/mol. The zero-order chi connectivity index (χ0) is 54.2. The van der Waals surface area contributed by atoms with E-state index < -0.39 is 132 Å². The molecule has 0 aromatic rings. The highest BCUT2D eigenvalue weighted by molar-refractivity contribution is 7.47. The average molecular weight is 1080 g/mol. The first-order chi connectivity index (χ1) is 34.7. The second kappa shape index (κ2) is 36.9. The molecule has 0 aromatic carbocycles. The number of esters is 2. The topological polar surface area (TPSA) is 334 Å². The SMILES string of the molecule is CCCCC/C=C\C/C=C\C/C=C\C/C=C\C/C=C\CCC(=O)OC[C@@H]1COP(=O)(O)O[C@H]2[C@H](O)[C@@H](O)[C@H](O)[C@@H](CC(=O)CCCCC(=O)O1)[C@@H](O)C[C@@H](O)[C@H](C=C[C@@H](O)CCCCC)[C@@H](O)[C@H]2OP(=O)(O)O. The van der Waals surface area contributed by atoms with Crippen molar-refractivity contribution in [3.05, 3.63) is 72.9 Å². The van der Waals surface area contributed by atoms with Gasteiger partial charge in [-0.3, -0.25) is 28.0 Å². The molecule has 1 unspecified atom stereocenters. The van der Waals surface area contributed by atoms with E-state index in [9.17, 15) is 73.9 Å². The van der Waals surface area contributed by atoms with E-state index in [1.165, 1.54) is 19.3 Å². The summed E-state index contributed by atoms with van der Waals surface area (Å²) in [6, 6.07) is 0. The second-order valence-corrected chi connectivity index (χ2v) is 21.1. The van der Waals surface area contributed by atoms with Crippen molar-refractivity contribution in [2.24, 2.45) is 11.8 Å². The number of carbonyl (C=O) groups excluding carboxylic acids is 3. The van der Waals surface area contributed by atoms with E-state index in [-0.39, 0.29) is 44.9 Å². The van der Waals surface area contributed by atoms with E-state index in [4.69, 9.17) is 23.0 Å². The maximum Gasteiger partial charge on any atom is 0.472 e. The number of allylic oxidation sites excluding steroid dienone is 10. The summed E-state index contributed by atoms with van der Waals surface area (Å²) < 4.78 is 52.0. The van der Waals surface area contributed by atoms with Crippen molar-refractivity contribution >= 4 is 33.4 Å². The number of phosphoric acid groups is 2. The summed E-state index contributed by atoms with van der Waals surface area (Å²) in [5.41, 5.74) is 0. The van der Waals surface area contributed by atoms with Crippen molar-refractivity contribution in [2.75, 3.05) is 13.2 Å². The molecule has 0 aromatic heterocycles. The Hall–Kier alpha value is -3.01. The predicted octanol–water partition coefficient (Wildman–Crippen LogP) is 5.96. The van der Waals surface area contributed by atoms with E-state index in [1.807, 2.05) is 25.2 Å². The third-order valence-electron chi connectivity index (χ3n) is 12.2. The van der Waals surface area contributed by atoms with Gasteiger partial charge in [0.2, 0.25) is 0 Å². The zero-order valence-electron chi connectivity index (χ0n) is 42.4. The number of fused-ring (bicyclic) bond motifs is 4. The fraction of sp³-hybridized carbons (Fsp3) is 0.706. The number of unbranched alkanes of at least 4 members (excludes halogenated alkanes) is 5.